The molecule has 0 aromatic heterocycles. The van der Waals surface area contributed by atoms with Crippen molar-refractivity contribution in [3.8, 4) is 5.75 Å². The maximum absolute atomic E-state index is 13.1. The number of nitrogens with zero attached hydrogens (tertiary/aromatic N) is 1. The molecule has 1 aliphatic rings. The van der Waals surface area contributed by atoms with Gasteiger partial charge < -0.3 is 10.1 Å². The first-order chi connectivity index (χ1) is 13.4. The fourth-order valence-electron chi connectivity index (χ4n) is 3.44. The van der Waals surface area contributed by atoms with Crippen molar-refractivity contribution in [2.45, 2.75) is 43.5 Å². The summed E-state index contributed by atoms with van der Waals surface area (Å²) in [7, 11) is -2.04. The molecular weight excluding hydrogens is 376 g/mol. The lowest BCUT2D eigenvalue weighted by Crippen LogP contribution is -2.45. The summed E-state index contributed by atoms with van der Waals surface area (Å²) in [6.45, 7) is 2.36. The zero-order valence-electron chi connectivity index (χ0n) is 16.2. The number of sulfonamides is 1. The van der Waals surface area contributed by atoms with Crippen LogP contribution in [0.25, 0.3) is 0 Å². The van der Waals surface area contributed by atoms with Gasteiger partial charge in [0.1, 0.15) is 5.75 Å². The van der Waals surface area contributed by atoms with E-state index in [0.717, 1.165) is 18.4 Å². The molecule has 0 spiro atoms. The highest BCUT2D eigenvalue weighted by atomic mass is 32.2. The quantitative estimate of drug-likeness (QED) is 0.801. The van der Waals surface area contributed by atoms with Crippen molar-refractivity contribution >= 4 is 21.6 Å². The number of carbonyl (C=O) groups excluding carboxylic acids is 1. The largest absolute Gasteiger partial charge is 0.497 e. The van der Waals surface area contributed by atoms with E-state index in [4.69, 9.17) is 4.74 Å². The minimum Gasteiger partial charge on any atom is -0.497 e. The Morgan fingerprint density at radius 1 is 1.11 bits per heavy atom. The number of carbonyl (C=O) groups is 1. The van der Waals surface area contributed by atoms with E-state index in [1.807, 2.05) is 6.92 Å². The molecule has 2 aromatic rings. The molecule has 0 bridgehead atoms. The number of anilines is 1. The second-order valence-corrected chi connectivity index (χ2v) is 8.95. The van der Waals surface area contributed by atoms with Crippen LogP contribution in [0.2, 0.25) is 0 Å². The van der Waals surface area contributed by atoms with Gasteiger partial charge in [-0.25, -0.2) is 8.42 Å². The molecule has 1 fully saturated rings. The number of aryl methyl sites for hydroxylation is 1. The van der Waals surface area contributed by atoms with E-state index in [2.05, 4.69) is 5.32 Å². The molecule has 0 radical (unpaired) electrons. The second kappa shape index (κ2) is 8.75. The molecule has 1 N–H and O–H groups in total. The Labute approximate surface area is 166 Å². The van der Waals surface area contributed by atoms with Crippen LogP contribution in [-0.4, -0.2) is 38.3 Å². The topological polar surface area (TPSA) is 75.7 Å². The van der Waals surface area contributed by atoms with Crippen molar-refractivity contribution in [3.05, 3.63) is 54.1 Å². The van der Waals surface area contributed by atoms with Crippen LogP contribution in [0, 0.1) is 6.92 Å². The van der Waals surface area contributed by atoms with Gasteiger partial charge in [-0.15, -0.1) is 0 Å². The van der Waals surface area contributed by atoms with Crippen molar-refractivity contribution in [3.63, 3.8) is 0 Å². The molecular formula is C21H26N2O4S. The molecule has 150 valence electrons. The van der Waals surface area contributed by atoms with Crippen molar-refractivity contribution in [2.75, 3.05) is 19.0 Å². The molecule has 0 saturated carbocycles. The standard InChI is InChI=1S/C21H26N2O4S/c1-16-6-12-20(13-7-16)28(25,26)23-14-4-3-5-18(23)15-21(24)22-17-8-10-19(27-2)11-9-17/h6-13,18H,3-5,14-15H2,1-2H3,(H,22,24)/t18-/m1/s1. The third-order valence-electron chi connectivity index (χ3n) is 5.00. The Bertz CT molecular complexity index is 908. The highest BCUT2D eigenvalue weighted by molar-refractivity contribution is 7.89. The van der Waals surface area contributed by atoms with E-state index in [0.29, 0.717) is 24.4 Å². The summed E-state index contributed by atoms with van der Waals surface area (Å²) in [6.07, 6.45) is 2.54. The minimum atomic E-state index is -3.62. The summed E-state index contributed by atoms with van der Waals surface area (Å²) in [5.41, 5.74) is 1.67. The molecule has 28 heavy (non-hydrogen) atoms. The third-order valence-corrected chi connectivity index (χ3v) is 6.96. The average Bonchev–Trinajstić information content (AvgIpc) is 2.69. The van der Waals surface area contributed by atoms with E-state index in [1.165, 1.54) is 4.31 Å². The zero-order chi connectivity index (χ0) is 20.1. The summed E-state index contributed by atoms with van der Waals surface area (Å²) in [6, 6.07) is 13.6. The summed E-state index contributed by atoms with van der Waals surface area (Å²) < 4.78 is 32.8. The van der Waals surface area contributed by atoms with Crippen LogP contribution in [-0.2, 0) is 14.8 Å². The fourth-order valence-corrected chi connectivity index (χ4v) is 5.13. The number of amides is 1. The van der Waals surface area contributed by atoms with E-state index in [-0.39, 0.29) is 23.3 Å². The Morgan fingerprint density at radius 2 is 1.79 bits per heavy atom. The van der Waals surface area contributed by atoms with Crippen LogP contribution < -0.4 is 10.1 Å². The van der Waals surface area contributed by atoms with Crippen LogP contribution >= 0.6 is 0 Å². The molecule has 1 saturated heterocycles. The second-order valence-electron chi connectivity index (χ2n) is 7.06. The smallest absolute Gasteiger partial charge is 0.243 e. The molecule has 6 nitrogen and oxygen atoms in total. The minimum absolute atomic E-state index is 0.136. The normalized spacial score (nSPS) is 17.9. The Balaban J connectivity index is 1.71. The van der Waals surface area contributed by atoms with Gasteiger partial charge in [-0.1, -0.05) is 24.1 Å². The van der Waals surface area contributed by atoms with Gasteiger partial charge in [0.2, 0.25) is 15.9 Å². The molecule has 2 aromatic carbocycles. The number of piperidine rings is 1. The van der Waals surface area contributed by atoms with E-state index in [1.54, 1.807) is 55.6 Å². The lowest BCUT2D eigenvalue weighted by Gasteiger charge is -2.34. The first-order valence-corrected chi connectivity index (χ1v) is 10.9. The number of methoxy groups -OCH3 is 1. The lowest BCUT2D eigenvalue weighted by atomic mass is 10.0. The highest BCUT2D eigenvalue weighted by Gasteiger charge is 2.34. The van der Waals surface area contributed by atoms with Crippen molar-refractivity contribution in [1.82, 2.24) is 4.31 Å². The molecule has 1 aliphatic heterocycles. The number of rotatable bonds is 6. The van der Waals surface area contributed by atoms with Crippen molar-refractivity contribution in [2.24, 2.45) is 0 Å². The van der Waals surface area contributed by atoms with Gasteiger partial charge in [-0.2, -0.15) is 4.31 Å². The Morgan fingerprint density at radius 3 is 2.43 bits per heavy atom. The number of benzene rings is 2. The van der Waals surface area contributed by atoms with E-state index in [9.17, 15) is 13.2 Å². The molecule has 0 unspecified atom stereocenters. The van der Waals surface area contributed by atoms with Gasteiger partial charge in [0, 0.05) is 24.7 Å². The number of hydrogen-bond acceptors (Lipinski definition) is 4. The van der Waals surface area contributed by atoms with Crippen LogP contribution in [0.1, 0.15) is 31.2 Å². The maximum atomic E-state index is 13.1. The highest BCUT2D eigenvalue weighted by Crippen LogP contribution is 2.27. The van der Waals surface area contributed by atoms with Gasteiger partial charge >= 0.3 is 0 Å². The van der Waals surface area contributed by atoms with E-state index >= 15 is 0 Å². The molecule has 1 amide bonds. The number of nitrogens with one attached hydrogen (secondary N) is 1. The van der Waals surface area contributed by atoms with Crippen molar-refractivity contribution in [1.29, 1.82) is 0 Å². The maximum Gasteiger partial charge on any atom is 0.243 e. The molecule has 0 aliphatic carbocycles. The molecule has 7 heteroatoms. The van der Waals surface area contributed by atoms with Crippen LogP contribution in [0.15, 0.2) is 53.4 Å². The SMILES string of the molecule is COc1ccc(NC(=O)C[C@H]2CCCCN2S(=O)(=O)c2ccc(C)cc2)cc1. The number of ether oxygens (including phenoxy) is 1. The summed E-state index contributed by atoms with van der Waals surface area (Å²) >= 11 is 0. The summed E-state index contributed by atoms with van der Waals surface area (Å²) in [5.74, 6) is 0.516. The molecule has 3 rings (SSSR count). The summed E-state index contributed by atoms with van der Waals surface area (Å²) in [4.78, 5) is 12.8. The first-order valence-electron chi connectivity index (χ1n) is 9.42. The predicted molar refractivity (Wildman–Crippen MR) is 109 cm³/mol. The van der Waals surface area contributed by atoms with Crippen LogP contribution in [0.4, 0.5) is 5.69 Å². The van der Waals surface area contributed by atoms with Crippen molar-refractivity contribution < 1.29 is 17.9 Å². The fraction of sp³-hybridized carbons (Fsp3) is 0.381. The van der Waals surface area contributed by atoms with Gasteiger partial charge in [0.15, 0.2) is 0 Å². The zero-order valence-corrected chi connectivity index (χ0v) is 17.0. The summed E-state index contributed by atoms with van der Waals surface area (Å²) in [5, 5.41) is 2.84. The van der Waals surface area contributed by atoms with Gasteiger partial charge in [-0.3, -0.25) is 4.79 Å². The average molecular weight is 403 g/mol. The Hall–Kier alpha value is -2.38. The number of hydrogen-bond donors (Lipinski definition) is 1. The van der Waals surface area contributed by atoms with Crippen LogP contribution in [0.5, 0.6) is 5.75 Å². The van der Waals surface area contributed by atoms with Gasteiger partial charge in [0.25, 0.3) is 0 Å². The first kappa shape index (κ1) is 20.4. The van der Waals surface area contributed by atoms with Gasteiger partial charge in [0.05, 0.1) is 12.0 Å². The lowest BCUT2D eigenvalue weighted by molar-refractivity contribution is -0.117. The molecule has 1 atom stereocenters. The third kappa shape index (κ3) is 4.72. The van der Waals surface area contributed by atoms with Crippen LogP contribution in [0.3, 0.4) is 0 Å². The van der Waals surface area contributed by atoms with Gasteiger partial charge in [-0.05, 0) is 56.2 Å². The monoisotopic (exact) mass is 402 g/mol. The predicted octanol–water partition coefficient (Wildman–Crippen LogP) is 3.58. The molecule has 1 heterocycles. The van der Waals surface area contributed by atoms with E-state index < -0.39 is 10.0 Å². The Kier molecular flexibility index (Phi) is 6.36.